The minimum absolute atomic E-state index is 0.113. The van der Waals surface area contributed by atoms with Crippen LogP contribution in [-0.4, -0.2) is 21.0 Å². The van der Waals surface area contributed by atoms with Crippen LogP contribution in [0.25, 0.3) is 0 Å². The molecule has 0 radical (unpaired) electrons. The molecule has 2 rings (SSSR count). The first-order chi connectivity index (χ1) is 6.66. The fourth-order valence-corrected chi connectivity index (χ4v) is 2.11. The summed E-state index contributed by atoms with van der Waals surface area (Å²) in [5.74, 6) is 0. The molecule has 1 heterocycles. The fourth-order valence-electron chi connectivity index (χ4n) is 1.97. The molecule has 0 spiro atoms. The van der Waals surface area contributed by atoms with Crippen LogP contribution in [0.1, 0.15) is 37.3 Å². The molecule has 78 valence electrons. The molecule has 14 heavy (non-hydrogen) atoms. The highest BCUT2D eigenvalue weighted by Crippen LogP contribution is 2.29. The van der Waals surface area contributed by atoms with Crippen molar-refractivity contribution in [1.82, 2.24) is 9.78 Å². The third-order valence-electron chi connectivity index (χ3n) is 2.89. The molecular weight excluding hydrogens is 200 g/mol. The Bertz CT molecular complexity index is 296. The van der Waals surface area contributed by atoms with Crippen molar-refractivity contribution in [3.8, 4) is 0 Å². The summed E-state index contributed by atoms with van der Waals surface area (Å²) in [7, 11) is 0. The molecular formula is C10H15ClN2O. The maximum Gasteiger partial charge on any atom is 0.153 e. The summed E-state index contributed by atoms with van der Waals surface area (Å²) < 4.78 is 1.95. The average Bonchev–Trinajstić information content (AvgIpc) is 2.48. The van der Waals surface area contributed by atoms with Crippen molar-refractivity contribution in [2.45, 2.75) is 44.8 Å². The minimum Gasteiger partial charge on any atom is -0.393 e. The highest BCUT2D eigenvalue weighted by atomic mass is 35.5. The van der Waals surface area contributed by atoms with Gasteiger partial charge < -0.3 is 5.11 Å². The lowest BCUT2D eigenvalue weighted by Gasteiger charge is -2.25. The molecule has 0 bridgehead atoms. The van der Waals surface area contributed by atoms with E-state index in [9.17, 15) is 5.11 Å². The summed E-state index contributed by atoms with van der Waals surface area (Å²) in [6.07, 6.45) is 5.63. The van der Waals surface area contributed by atoms with Gasteiger partial charge in [0.2, 0.25) is 0 Å². The monoisotopic (exact) mass is 214 g/mol. The lowest BCUT2D eigenvalue weighted by Crippen LogP contribution is -2.21. The van der Waals surface area contributed by atoms with E-state index in [0.717, 1.165) is 31.2 Å². The van der Waals surface area contributed by atoms with Gasteiger partial charge in [0.25, 0.3) is 0 Å². The molecule has 1 aromatic rings. The summed E-state index contributed by atoms with van der Waals surface area (Å²) in [6, 6.07) is 0.421. The molecule has 1 saturated carbocycles. The van der Waals surface area contributed by atoms with E-state index >= 15 is 0 Å². The number of aryl methyl sites for hydroxylation is 1. The second-order valence-electron chi connectivity index (χ2n) is 4.05. The third-order valence-corrected chi connectivity index (χ3v) is 3.27. The van der Waals surface area contributed by atoms with Crippen LogP contribution in [0.4, 0.5) is 0 Å². The molecule has 0 aromatic carbocycles. The van der Waals surface area contributed by atoms with Crippen molar-refractivity contribution in [3.05, 3.63) is 16.9 Å². The molecule has 0 aliphatic heterocycles. The molecule has 0 atom stereocenters. The molecule has 1 N–H and O–H groups in total. The Kier molecular flexibility index (Phi) is 2.79. The van der Waals surface area contributed by atoms with E-state index in [4.69, 9.17) is 11.6 Å². The van der Waals surface area contributed by atoms with Crippen LogP contribution in [-0.2, 0) is 0 Å². The van der Waals surface area contributed by atoms with Crippen LogP contribution < -0.4 is 0 Å². The van der Waals surface area contributed by atoms with E-state index in [1.165, 1.54) is 0 Å². The number of aliphatic hydroxyl groups is 1. The number of rotatable bonds is 1. The Balaban J connectivity index is 2.08. The van der Waals surface area contributed by atoms with E-state index in [1.54, 1.807) is 0 Å². The molecule has 1 aromatic heterocycles. The van der Waals surface area contributed by atoms with Gasteiger partial charge in [-0.1, -0.05) is 11.6 Å². The van der Waals surface area contributed by atoms with Gasteiger partial charge in [-0.25, -0.2) is 0 Å². The molecule has 4 heteroatoms. The second kappa shape index (κ2) is 3.91. The van der Waals surface area contributed by atoms with Crippen LogP contribution >= 0.6 is 11.6 Å². The van der Waals surface area contributed by atoms with E-state index in [0.29, 0.717) is 11.2 Å². The van der Waals surface area contributed by atoms with E-state index in [1.807, 2.05) is 17.8 Å². The first-order valence-electron chi connectivity index (χ1n) is 5.06. The summed E-state index contributed by atoms with van der Waals surface area (Å²) in [6.45, 7) is 1.96. The van der Waals surface area contributed by atoms with Gasteiger partial charge in [0.05, 0.1) is 12.1 Å². The fraction of sp³-hybridized carbons (Fsp3) is 0.700. The summed E-state index contributed by atoms with van der Waals surface area (Å²) in [5.41, 5.74) is 1.03. The topological polar surface area (TPSA) is 38.0 Å². The Morgan fingerprint density at radius 2 is 2.07 bits per heavy atom. The van der Waals surface area contributed by atoms with Gasteiger partial charge in [-0.05, 0) is 32.6 Å². The smallest absolute Gasteiger partial charge is 0.153 e. The number of aliphatic hydroxyl groups excluding tert-OH is 1. The van der Waals surface area contributed by atoms with E-state index in [2.05, 4.69) is 5.10 Å². The van der Waals surface area contributed by atoms with Gasteiger partial charge in [0.15, 0.2) is 5.15 Å². The Morgan fingerprint density at radius 1 is 1.43 bits per heavy atom. The summed E-state index contributed by atoms with van der Waals surface area (Å²) >= 11 is 5.90. The maximum atomic E-state index is 9.38. The first-order valence-corrected chi connectivity index (χ1v) is 5.44. The number of hydrogen-bond acceptors (Lipinski definition) is 2. The Morgan fingerprint density at radius 3 is 2.57 bits per heavy atom. The van der Waals surface area contributed by atoms with E-state index in [-0.39, 0.29) is 6.10 Å². The van der Waals surface area contributed by atoms with Crippen LogP contribution in [0.15, 0.2) is 6.20 Å². The van der Waals surface area contributed by atoms with Crippen LogP contribution in [0.5, 0.6) is 0 Å². The second-order valence-corrected chi connectivity index (χ2v) is 4.40. The van der Waals surface area contributed by atoms with Gasteiger partial charge in [0, 0.05) is 11.8 Å². The van der Waals surface area contributed by atoms with Crippen molar-refractivity contribution >= 4 is 11.6 Å². The van der Waals surface area contributed by atoms with Crippen LogP contribution in [0.2, 0.25) is 5.15 Å². The highest BCUT2D eigenvalue weighted by Gasteiger charge is 2.21. The van der Waals surface area contributed by atoms with Gasteiger partial charge in [0.1, 0.15) is 0 Å². The van der Waals surface area contributed by atoms with Crippen LogP contribution in [0.3, 0.4) is 0 Å². The van der Waals surface area contributed by atoms with Gasteiger partial charge in [-0.2, -0.15) is 5.10 Å². The molecule has 0 unspecified atom stereocenters. The predicted molar refractivity (Wildman–Crippen MR) is 55.5 cm³/mol. The SMILES string of the molecule is Cc1cn(C2CCC(O)CC2)nc1Cl. The largest absolute Gasteiger partial charge is 0.393 e. The molecule has 0 saturated heterocycles. The third kappa shape index (κ3) is 1.93. The standard InChI is InChI=1S/C10H15ClN2O/c1-7-6-13(12-10(7)11)8-2-4-9(14)5-3-8/h6,8-9,14H,2-5H2,1H3. The van der Waals surface area contributed by atoms with Crippen LogP contribution in [0, 0.1) is 6.92 Å². The van der Waals surface area contributed by atoms with Crippen molar-refractivity contribution < 1.29 is 5.11 Å². The van der Waals surface area contributed by atoms with Gasteiger partial charge in [-0.15, -0.1) is 0 Å². The van der Waals surface area contributed by atoms with E-state index < -0.39 is 0 Å². The van der Waals surface area contributed by atoms with Crippen molar-refractivity contribution in [3.63, 3.8) is 0 Å². The molecule has 1 aliphatic carbocycles. The highest BCUT2D eigenvalue weighted by molar-refractivity contribution is 6.30. The maximum absolute atomic E-state index is 9.38. The summed E-state index contributed by atoms with van der Waals surface area (Å²) in [5, 5.41) is 14.2. The van der Waals surface area contributed by atoms with Gasteiger partial charge in [-0.3, -0.25) is 4.68 Å². The normalized spacial score (nSPS) is 27.9. The molecule has 0 amide bonds. The number of hydrogen-bond donors (Lipinski definition) is 1. The van der Waals surface area contributed by atoms with Crippen molar-refractivity contribution in [2.24, 2.45) is 0 Å². The van der Waals surface area contributed by atoms with Crippen molar-refractivity contribution in [1.29, 1.82) is 0 Å². The average molecular weight is 215 g/mol. The van der Waals surface area contributed by atoms with Crippen molar-refractivity contribution in [2.75, 3.05) is 0 Å². The Hall–Kier alpha value is -0.540. The number of halogens is 1. The predicted octanol–water partition coefficient (Wildman–Crippen LogP) is 2.32. The zero-order valence-electron chi connectivity index (χ0n) is 8.28. The molecule has 3 nitrogen and oxygen atoms in total. The first kappa shape index (κ1) is 9.99. The lowest BCUT2D eigenvalue weighted by molar-refractivity contribution is 0.108. The quantitative estimate of drug-likeness (QED) is 0.779. The lowest BCUT2D eigenvalue weighted by atomic mass is 9.93. The number of aromatic nitrogens is 2. The summed E-state index contributed by atoms with van der Waals surface area (Å²) in [4.78, 5) is 0. The molecule has 1 aliphatic rings. The zero-order valence-corrected chi connectivity index (χ0v) is 9.04. The van der Waals surface area contributed by atoms with Gasteiger partial charge >= 0.3 is 0 Å². The number of nitrogens with zero attached hydrogens (tertiary/aromatic N) is 2. The Labute approximate surface area is 88.7 Å². The zero-order chi connectivity index (χ0) is 10.1. The minimum atomic E-state index is -0.113. The molecule has 1 fully saturated rings.